The minimum Gasteiger partial charge on any atom is -0.382 e. The van der Waals surface area contributed by atoms with E-state index in [1.54, 1.807) is 7.05 Å². The molecule has 1 N–H and O–H groups in total. The third-order valence-electron chi connectivity index (χ3n) is 2.38. The smallest absolute Gasteiger partial charge is 0.291 e. The summed E-state index contributed by atoms with van der Waals surface area (Å²) >= 11 is 5.82. The Balaban J connectivity index is 2.35. The van der Waals surface area contributed by atoms with Crippen LogP contribution in [0.4, 0.5) is 5.69 Å². The van der Waals surface area contributed by atoms with Crippen molar-refractivity contribution in [3.05, 3.63) is 21.6 Å². The maximum Gasteiger partial charge on any atom is 0.291 e. The lowest BCUT2D eigenvalue weighted by Gasteiger charge is -2.06. The maximum absolute atomic E-state index is 11.7. The highest BCUT2D eigenvalue weighted by molar-refractivity contribution is 6.32. The van der Waals surface area contributed by atoms with Crippen LogP contribution in [-0.2, 0) is 6.54 Å². The van der Waals surface area contributed by atoms with Gasteiger partial charge >= 0.3 is 0 Å². The van der Waals surface area contributed by atoms with E-state index >= 15 is 0 Å². The molecule has 0 spiro atoms. The second-order valence-electron chi connectivity index (χ2n) is 3.55. The quantitative estimate of drug-likeness (QED) is 0.825. The van der Waals surface area contributed by atoms with Gasteiger partial charge in [-0.3, -0.25) is 4.79 Å². The SMILES string of the molecule is CNc1c(Cl)cnn(CC2CC2)c1=O. The van der Waals surface area contributed by atoms with E-state index in [0.717, 1.165) is 0 Å². The molecule has 0 aliphatic heterocycles. The fraction of sp³-hybridized carbons (Fsp3) is 0.556. The van der Waals surface area contributed by atoms with E-state index in [1.807, 2.05) is 0 Å². The molecule has 1 saturated carbocycles. The van der Waals surface area contributed by atoms with Crippen molar-refractivity contribution in [3.8, 4) is 0 Å². The van der Waals surface area contributed by atoms with Gasteiger partial charge in [-0.05, 0) is 18.8 Å². The Morgan fingerprint density at radius 3 is 3.00 bits per heavy atom. The number of hydrogen-bond donors (Lipinski definition) is 1. The summed E-state index contributed by atoms with van der Waals surface area (Å²) in [6, 6.07) is 0. The fourth-order valence-electron chi connectivity index (χ4n) is 1.37. The number of anilines is 1. The van der Waals surface area contributed by atoms with E-state index in [9.17, 15) is 4.79 Å². The fourth-order valence-corrected chi connectivity index (χ4v) is 1.59. The molecule has 1 fully saturated rings. The third-order valence-corrected chi connectivity index (χ3v) is 2.66. The second-order valence-corrected chi connectivity index (χ2v) is 3.96. The Morgan fingerprint density at radius 2 is 2.43 bits per heavy atom. The molecule has 1 heterocycles. The van der Waals surface area contributed by atoms with Crippen molar-refractivity contribution in [2.75, 3.05) is 12.4 Å². The normalized spacial score (nSPS) is 15.6. The number of aromatic nitrogens is 2. The monoisotopic (exact) mass is 213 g/mol. The van der Waals surface area contributed by atoms with E-state index in [-0.39, 0.29) is 5.56 Å². The molecule has 2 rings (SSSR count). The van der Waals surface area contributed by atoms with Gasteiger partial charge in [-0.2, -0.15) is 5.10 Å². The molecule has 0 aromatic carbocycles. The molecule has 1 aliphatic carbocycles. The highest BCUT2D eigenvalue weighted by atomic mass is 35.5. The average molecular weight is 214 g/mol. The zero-order valence-electron chi connectivity index (χ0n) is 7.96. The van der Waals surface area contributed by atoms with Gasteiger partial charge < -0.3 is 5.32 Å². The number of hydrogen-bond acceptors (Lipinski definition) is 3. The summed E-state index contributed by atoms with van der Waals surface area (Å²) in [6.45, 7) is 0.713. The molecular weight excluding hydrogens is 202 g/mol. The second kappa shape index (κ2) is 3.61. The van der Waals surface area contributed by atoms with Crippen molar-refractivity contribution in [2.24, 2.45) is 5.92 Å². The number of nitrogens with one attached hydrogen (secondary N) is 1. The molecule has 4 nitrogen and oxygen atoms in total. The van der Waals surface area contributed by atoms with Crippen molar-refractivity contribution in [1.29, 1.82) is 0 Å². The van der Waals surface area contributed by atoms with Crippen LogP contribution in [0.1, 0.15) is 12.8 Å². The number of nitrogens with zero attached hydrogens (tertiary/aromatic N) is 2. The highest BCUT2D eigenvalue weighted by Crippen LogP contribution is 2.30. The first kappa shape index (κ1) is 9.52. The van der Waals surface area contributed by atoms with Crippen molar-refractivity contribution in [3.63, 3.8) is 0 Å². The summed E-state index contributed by atoms with van der Waals surface area (Å²) < 4.78 is 1.48. The van der Waals surface area contributed by atoms with Gasteiger partial charge in [0.2, 0.25) is 0 Å². The first-order chi connectivity index (χ1) is 6.72. The van der Waals surface area contributed by atoms with Crippen LogP contribution in [0.2, 0.25) is 5.02 Å². The Hall–Kier alpha value is -1.03. The van der Waals surface area contributed by atoms with E-state index in [2.05, 4.69) is 10.4 Å². The Kier molecular flexibility index (Phi) is 2.46. The van der Waals surface area contributed by atoms with Crippen LogP contribution in [-0.4, -0.2) is 16.8 Å². The molecule has 0 radical (unpaired) electrons. The summed E-state index contributed by atoms with van der Waals surface area (Å²) in [6.07, 6.45) is 3.91. The van der Waals surface area contributed by atoms with Gasteiger partial charge in [0.1, 0.15) is 5.69 Å². The van der Waals surface area contributed by atoms with Crippen molar-refractivity contribution in [1.82, 2.24) is 9.78 Å². The summed E-state index contributed by atoms with van der Waals surface area (Å²) in [7, 11) is 1.68. The molecule has 0 saturated heterocycles. The molecule has 14 heavy (non-hydrogen) atoms. The topological polar surface area (TPSA) is 46.9 Å². The Bertz CT molecular complexity index is 398. The molecule has 0 bridgehead atoms. The first-order valence-corrected chi connectivity index (χ1v) is 5.03. The van der Waals surface area contributed by atoms with Crippen LogP contribution in [0.15, 0.2) is 11.0 Å². The third kappa shape index (κ3) is 1.75. The summed E-state index contributed by atoms with van der Waals surface area (Å²) in [5.74, 6) is 0.631. The predicted molar refractivity (Wildman–Crippen MR) is 55.8 cm³/mol. The van der Waals surface area contributed by atoms with Gasteiger partial charge in [0.05, 0.1) is 11.2 Å². The predicted octanol–water partition coefficient (Wildman–Crippen LogP) is 1.35. The highest BCUT2D eigenvalue weighted by Gasteiger charge is 2.23. The lowest BCUT2D eigenvalue weighted by Crippen LogP contribution is -2.26. The molecule has 0 unspecified atom stereocenters. The molecule has 1 aromatic rings. The van der Waals surface area contributed by atoms with Crippen LogP contribution in [0, 0.1) is 5.92 Å². The van der Waals surface area contributed by atoms with Gasteiger partial charge in [0.25, 0.3) is 5.56 Å². The largest absolute Gasteiger partial charge is 0.382 e. The van der Waals surface area contributed by atoms with Crippen molar-refractivity contribution >= 4 is 17.3 Å². The minimum absolute atomic E-state index is 0.132. The molecule has 5 heteroatoms. The van der Waals surface area contributed by atoms with Crippen LogP contribution in [0.3, 0.4) is 0 Å². The van der Waals surface area contributed by atoms with E-state index in [4.69, 9.17) is 11.6 Å². The van der Waals surface area contributed by atoms with Crippen molar-refractivity contribution < 1.29 is 0 Å². The summed E-state index contributed by atoms with van der Waals surface area (Å²) in [4.78, 5) is 11.7. The summed E-state index contributed by atoms with van der Waals surface area (Å²) in [5, 5.41) is 7.17. The van der Waals surface area contributed by atoms with Crippen LogP contribution in [0.25, 0.3) is 0 Å². The maximum atomic E-state index is 11.7. The number of rotatable bonds is 3. The van der Waals surface area contributed by atoms with E-state index in [0.29, 0.717) is 23.2 Å². The minimum atomic E-state index is -0.132. The Morgan fingerprint density at radius 1 is 1.71 bits per heavy atom. The van der Waals surface area contributed by atoms with E-state index in [1.165, 1.54) is 23.7 Å². The molecule has 1 aliphatic rings. The zero-order chi connectivity index (χ0) is 10.1. The molecule has 76 valence electrons. The molecule has 0 amide bonds. The van der Waals surface area contributed by atoms with Gasteiger partial charge in [0, 0.05) is 13.6 Å². The number of halogens is 1. The Labute approximate surface area is 86.9 Å². The average Bonchev–Trinajstić information content (AvgIpc) is 2.95. The summed E-state index contributed by atoms with van der Waals surface area (Å²) in [5.41, 5.74) is 0.300. The molecular formula is C9H12ClN3O. The lowest BCUT2D eigenvalue weighted by atomic mass is 10.4. The van der Waals surface area contributed by atoms with Crippen LogP contribution >= 0.6 is 11.6 Å². The zero-order valence-corrected chi connectivity index (χ0v) is 8.71. The van der Waals surface area contributed by atoms with Gasteiger partial charge in [-0.15, -0.1) is 0 Å². The molecule has 1 aromatic heterocycles. The van der Waals surface area contributed by atoms with Gasteiger partial charge in [0.15, 0.2) is 0 Å². The van der Waals surface area contributed by atoms with Gasteiger partial charge in [-0.25, -0.2) is 4.68 Å². The van der Waals surface area contributed by atoms with Crippen LogP contribution < -0.4 is 10.9 Å². The first-order valence-electron chi connectivity index (χ1n) is 4.65. The molecule has 0 atom stereocenters. The van der Waals surface area contributed by atoms with Gasteiger partial charge in [-0.1, -0.05) is 11.6 Å². The van der Waals surface area contributed by atoms with Crippen molar-refractivity contribution in [2.45, 2.75) is 19.4 Å². The van der Waals surface area contributed by atoms with Crippen LogP contribution in [0.5, 0.6) is 0 Å². The lowest BCUT2D eigenvalue weighted by molar-refractivity contribution is 0.535. The van der Waals surface area contributed by atoms with E-state index < -0.39 is 0 Å². The standard InChI is InChI=1S/C9H12ClN3O/c1-11-8-7(10)4-12-13(9(8)14)5-6-2-3-6/h4,6,11H,2-3,5H2,1H3.